The number of rotatable bonds is 5. The summed E-state index contributed by atoms with van der Waals surface area (Å²) in [7, 11) is 0. The molecule has 3 nitrogen and oxygen atoms in total. The van der Waals surface area contributed by atoms with Crippen LogP contribution in [-0.2, 0) is 24.2 Å². The smallest absolute Gasteiger partial charge is 0.341 e. The summed E-state index contributed by atoms with van der Waals surface area (Å²) in [6, 6.07) is 20.1. The molecule has 0 spiro atoms. The van der Waals surface area contributed by atoms with Crippen LogP contribution in [-0.4, -0.2) is 17.2 Å². The van der Waals surface area contributed by atoms with E-state index in [1.807, 2.05) is 6.92 Å². The summed E-state index contributed by atoms with van der Waals surface area (Å²) in [4.78, 5) is 12.5. The number of benzene rings is 3. The van der Waals surface area contributed by atoms with Crippen molar-refractivity contribution in [2.75, 3.05) is 0 Å². The lowest BCUT2D eigenvalue weighted by Gasteiger charge is -2.30. The van der Waals surface area contributed by atoms with Gasteiger partial charge >= 0.3 is 5.97 Å². The molecule has 0 bridgehead atoms. The molecule has 0 amide bonds. The fourth-order valence-electron chi connectivity index (χ4n) is 4.03. The van der Waals surface area contributed by atoms with Crippen LogP contribution in [0.15, 0.2) is 60.7 Å². The second-order valence-corrected chi connectivity index (χ2v) is 7.84. The largest absolute Gasteiger partial charge is 0.458 e. The molecule has 0 saturated carbocycles. The molecule has 2 unspecified atom stereocenters. The molecule has 3 aromatic carbocycles. The molecule has 0 fully saturated rings. The molecule has 0 radical (unpaired) electrons. The summed E-state index contributed by atoms with van der Waals surface area (Å²) >= 11 is 0. The van der Waals surface area contributed by atoms with E-state index in [4.69, 9.17) is 4.74 Å². The van der Waals surface area contributed by atoms with E-state index in [2.05, 4.69) is 55.5 Å². The molecule has 1 aliphatic heterocycles. The van der Waals surface area contributed by atoms with Gasteiger partial charge in [0.2, 0.25) is 0 Å². The first kappa shape index (κ1) is 20.3. The summed E-state index contributed by atoms with van der Waals surface area (Å²) in [5, 5.41) is 9.23. The molecule has 154 valence electrons. The van der Waals surface area contributed by atoms with Gasteiger partial charge in [-0.15, -0.1) is 0 Å². The SMILES string of the molecule is CCc1ccc(-c2ccc(C(C)C3Cc4ccc(CO)c(F)c4C(=O)O3)cc2)cc1. The highest BCUT2D eigenvalue weighted by Crippen LogP contribution is 2.33. The van der Waals surface area contributed by atoms with Gasteiger partial charge in [-0.3, -0.25) is 0 Å². The Hall–Kier alpha value is -2.98. The van der Waals surface area contributed by atoms with Gasteiger partial charge in [-0.1, -0.05) is 74.5 Å². The van der Waals surface area contributed by atoms with Crippen molar-refractivity contribution in [3.8, 4) is 11.1 Å². The van der Waals surface area contributed by atoms with Gasteiger partial charge in [0, 0.05) is 17.9 Å². The third kappa shape index (κ3) is 3.75. The number of cyclic esters (lactones) is 1. The number of aliphatic hydroxyl groups is 1. The Morgan fingerprint density at radius 3 is 2.27 bits per heavy atom. The summed E-state index contributed by atoms with van der Waals surface area (Å²) < 4.78 is 20.0. The Morgan fingerprint density at radius 1 is 1.03 bits per heavy atom. The van der Waals surface area contributed by atoms with Gasteiger partial charge in [0.1, 0.15) is 11.9 Å². The van der Waals surface area contributed by atoms with Crippen molar-refractivity contribution >= 4 is 5.97 Å². The van der Waals surface area contributed by atoms with Crippen LogP contribution >= 0.6 is 0 Å². The first-order valence-corrected chi connectivity index (χ1v) is 10.3. The number of carbonyl (C=O) groups excluding carboxylic acids is 1. The third-order valence-electron chi connectivity index (χ3n) is 6.05. The predicted octanol–water partition coefficient (Wildman–Crippen LogP) is 5.43. The van der Waals surface area contributed by atoms with Gasteiger partial charge in [0.15, 0.2) is 0 Å². The second-order valence-electron chi connectivity index (χ2n) is 7.84. The van der Waals surface area contributed by atoms with Gasteiger partial charge in [-0.05, 0) is 34.2 Å². The number of esters is 1. The minimum atomic E-state index is -0.676. The highest BCUT2D eigenvalue weighted by Gasteiger charge is 2.33. The molecule has 1 heterocycles. The lowest BCUT2D eigenvalue weighted by molar-refractivity contribution is 0.0193. The van der Waals surface area contributed by atoms with Gasteiger partial charge in [0.05, 0.1) is 12.2 Å². The molecule has 0 aliphatic carbocycles. The van der Waals surface area contributed by atoms with Crippen molar-refractivity contribution in [2.24, 2.45) is 0 Å². The molecule has 4 rings (SSSR count). The Labute approximate surface area is 176 Å². The normalized spacial score (nSPS) is 16.7. The Kier molecular flexibility index (Phi) is 5.69. The van der Waals surface area contributed by atoms with Crippen LogP contribution in [0.5, 0.6) is 0 Å². The standard InChI is InChI=1S/C26H25FO3/c1-3-17-4-6-19(7-5-17)20-10-8-18(9-11-20)16(2)23-14-21-12-13-22(15-28)25(27)24(21)26(29)30-23/h4-13,16,23,28H,3,14-15H2,1-2H3. The molecule has 2 atom stereocenters. The van der Waals surface area contributed by atoms with Crippen LogP contribution in [0.4, 0.5) is 4.39 Å². The minimum Gasteiger partial charge on any atom is -0.458 e. The average Bonchev–Trinajstić information content (AvgIpc) is 2.78. The third-order valence-corrected chi connectivity index (χ3v) is 6.05. The van der Waals surface area contributed by atoms with Crippen LogP contribution < -0.4 is 0 Å². The second kappa shape index (κ2) is 8.41. The van der Waals surface area contributed by atoms with Gasteiger partial charge in [-0.25, -0.2) is 9.18 Å². The van der Waals surface area contributed by atoms with E-state index in [1.165, 1.54) is 17.2 Å². The van der Waals surface area contributed by atoms with E-state index >= 15 is 0 Å². The molecule has 0 aromatic heterocycles. The number of carbonyl (C=O) groups is 1. The topological polar surface area (TPSA) is 46.5 Å². The van der Waals surface area contributed by atoms with Gasteiger partial charge in [-0.2, -0.15) is 0 Å². The fraction of sp³-hybridized carbons (Fsp3) is 0.269. The number of aryl methyl sites for hydroxylation is 1. The van der Waals surface area contributed by atoms with Crippen LogP contribution in [0.2, 0.25) is 0 Å². The van der Waals surface area contributed by atoms with Crippen molar-refractivity contribution in [3.63, 3.8) is 0 Å². The molecule has 0 saturated heterocycles. The van der Waals surface area contributed by atoms with Crippen molar-refractivity contribution in [2.45, 2.75) is 45.3 Å². The number of aliphatic hydroxyl groups excluding tert-OH is 1. The monoisotopic (exact) mass is 404 g/mol. The number of halogens is 1. The number of ether oxygens (including phenoxy) is 1. The maximum Gasteiger partial charge on any atom is 0.341 e. The van der Waals surface area contributed by atoms with Gasteiger partial charge < -0.3 is 9.84 Å². The zero-order chi connectivity index (χ0) is 21.3. The minimum absolute atomic E-state index is 0.0285. The lowest BCUT2D eigenvalue weighted by atomic mass is 9.86. The fourth-order valence-corrected chi connectivity index (χ4v) is 4.03. The highest BCUT2D eigenvalue weighted by atomic mass is 19.1. The van der Waals surface area contributed by atoms with E-state index in [0.717, 1.165) is 17.5 Å². The zero-order valence-corrected chi connectivity index (χ0v) is 17.2. The van der Waals surface area contributed by atoms with Crippen molar-refractivity contribution in [1.29, 1.82) is 0 Å². The summed E-state index contributed by atoms with van der Waals surface area (Å²) in [6.45, 7) is 3.72. The van der Waals surface area contributed by atoms with E-state index in [0.29, 0.717) is 12.0 Å². The Bertz CT molecular complexity index is 1050. The van der Waals surface area contributed by atoms with Crippen LogP contribution in [0.1, 0.15) is 52.4 Å². The maximum absolute atomic E-state index is 14.4. The van der Waals surface area contributed by atoms with Crippen molar-refractivity contribution in [1.82, 2.24) is 0 Å². The van der Waals surface area contributed by atoms with Crippen molar-refractivity contribution in [3.05, 3.63) is 94.3 Å². The molecule has 1 N–H and O–H groups in total. The molecular weight excluding hydrogens is 379 g/mol. The Morgan fingerprint density at radius 2 is 1.67 bits per heavy atom. The van der Waals surface area contributed by atoms with E-state index in [1.54, 1.807) is 6.07 Å². The van der Waals surface area contributed by atoms with Crippen LogP contribution in [0.25, 0.3) is 11.1 Å². The number of fused-ring (bicyclic) bond motifs is 1. The van der Waals surface area contributed by atoms with Crippen molar-refractivity contribution < 1.29 is 19.0 Å². The van der Waals surface area contributed by atoms with Crippen LogP contribution in [0, 0.1) is 5.82 Å². The van der Waals surface area contributed by atoms with Gasteiger partial charge in [0.25, 0.3) is 0 Å². The predicted molar refractivity (Wildman–Crippen MR) is 115 cm³/mol. The molecule has 3 aromatic rings. The van der Waals surface area contributed by atoms with E-state index < -0.39 is 18.4 Å². The summed E-state index contributed by atoms with van der Waals surface area (Å²) in [5.41, 5.74) is 5.38. The summed E-state index contributed by atoms with van der Waals surface area (Å²) in [5.74, 6) is -1.36. The quantitative estimate of drug-likeness (QED) is 0.577. The summed E-state index contributed by atoms with van der Waals surface area (Å²) in [6.07, 6.45) is 1.11. The molecule has 30 heavy (non-hydrogen) atoms. The lowest BCUT2D eigenvalue weighted by Crippen LogP contribution is -2.32. The highest BCUT2D eigenvalue weighted by molar-refractivity contribution is 5.93. The molecule has 4 heteroatoms. The number of hydrogen-bond donors (Lipinski definition) is 1. The zero-order valence-electron chi connectivity index (χ0n) is 17.2. The Balaban J connectivity index is 1.54. The first-order chi connectivity index (χ1) is 14.5. The number of hydrogen-bond acceptors (Lipinski definition) is 3. The van der Waals surface area contributed by atoms with Crippen LogP contribution in [0.3, 0.4) is 0 Å². The van der Waals surface area contributed by atoms with E-state index in [-0.39, 0.29) is 23.1 Å². The van der Waals surface area contributed by atoms with E-state index in [9.17, 15) is 14.3 Å². The molecule has 1 aliphatic rings. The molecular formula is C26H25FO3. The average molecular weight is 404 g/mol. The maximum atomic E-state index is 14.4. The first-order valence-electron chi connectivity index (χ1n) is 10.3.